The Morgan fingerprint density at radius 2 is 1.27 bits per heavy atom. The molecular weight excluding hydrogens is 383 g/mol. The van der Waals surface area contributed by atoms with Crippen LogP contribution in [0.15, 0.2) is 84.3 Å². The first kappa shape index (κ1) is 17.5. The smallest absolute Gasteiger partial charge is 0.168 e. The average Bonchev–Trinajstić information content (AvgIpc) is 2.70. The first-order valence-corrected chi connectivity index (χ1v) is 10.1. The van der Waals surface area contributed by atoms with Gasteiger partial charge in [0.05, 0.1) is 0 Å². The molecule has 0 radical (unpaired) electrons. The summed E-state index contributed by atoms with van der Waals surface area (Å²) in [7, 11) is 0. The van der Waals surface area contributed by atoms with Gasteiger partial charge in [-0.2, -0.15) is 0 Å². The number of halogens is 2. The summed E-state index contributed by atoms with van der Waals surface area (Å²) in [4.78, 5) is 0. The Morgan fingerprint density at radius 3 is 1.81 bits per heavy atom. The molecule has 26 heavy (non-hydrogen) atoms. The van der Waals surface area contributed by atoms with Gasteiger partial charge in [-0.1, -0.05) is 77.8 Å². The van der Waals surface area contributed by atoms with Crippen molar-refractivity contribution in [3.05, 3.63) is 111 Å². The lowest BCUT2D eigenvalue weighted by molar-refractivity contribution is 0.101. The van der Waals surface area contributed by atoms with Gasteiger partial charge in [-0.25, -0.2) is 0 Å². The summed E-state index contributed by atoms with van der Waals surface area (Å²) in [6.07, 6.45) is 0. The van der Waals surface area contributed by atoms with Gasteiger partial charge in [0.15, 0.2) is 5.60 Å². The van der Waals surface area contributed by atoms with Gasteiger partial charge in [-0.3, -0.25) is 0 Å². The van der Waals surface area contributed by atoms with E-state index in [1.54, 1.807) is 11.8 Å². The van der Waals surface area contributed by atoms with Gasteiger partial charge in [-0.05, 0) is 24.3 Å². The summed E-state index contributed by atoms with van der Waals surface area (Å²) < 4.78 is 6.67. The van der Waals surface area contributed by atoms with Crippen molar-refractivity contribution >= 4 is 40.7 Å². The van der Waals surface area contributed by atoms with Crippen LogP contribution in [-0.2, 0) is 10.3 Å². The van der Waals surface area contributed by atoms with E-state index in [0.717, 1.165) is 28.2 Å². The van der Waals surface area contributed by atoms with Crippen molar-refractivity contribution in [2.75, 3.05) is 5.75 Å². The second-order valence-electron chi connectivity index (χ2n) is 6.10. The molecule has 3 aromatic rings. The van der Waals surface area contributed by atoms with Crippen molar-refractivity contribution in [1.82, 2.24) is 0 Å². The molecule has 3 aromatic carbocycles. The molecule has 130 valence electrons. The second-order valence-corrected chi connectivity index (χ2v) is 7.83. The average molecular weight is 399 g/mol. The van der Waals surface area contributed by atoms with Crippen molar-refractivity contribution in [2.45, 2.75) is 5.60 Å². The third-order valence-corrected chi connectivity index (χ3v) is 5.90. The lowest BCUT2D eigenvalue weighted by atomic mass is 9.87. The van der Waals surface area contributed by atoms with Crippen LogP contribution < -0.4 is 0 Å². The van der Waals surface area contributed by atoms with Crippen molar-refractivity contribution in [3.8, 4) is 0 Å². The van der Waals surface area contributed by atoms with E-state index in [1.807, 2.05) is 66.7 Å². The van der Waals surface area contributed by atoms with E-state index in [-0.39, 0.29) is 0 Å². The molecule has 4 rings (SSSR count). The molecule has 1 aliphatic rings. The zero-order valence-electron chi connectivity index (χ0n) is 13.9. The molecule has 0 saturated carbocycles. The Hall–Kier alpha value is -1.87. The Kier molecular flexibility index (Phi) is 4.99. The van der Waals surface area contributed by atoms with Crippen LogP contribution in [0, 0.1) is 0 Å². The van der Waals surface area contributed by atoms with Crippen LogP contribution in [0.1, 0.15) is 16.7 Å². The molecule has 1 aliphatic heterocycles. The van der Waals surface area contributed by atoms with E-state index in [0.29, 0.717) is 10.0 Å². The molecule has 1 heterocycles. The Balaban J connectivity index is 1.83. The minimum atomic E-state index is -0.597. The lowest BCUT2D eigenvalue weighted by Crippen LogP contribution is -2.35. The maximum absolute atomic E-state index is 6.67. The highest BCUT2D eigenvalue weighted by molar-refractivity contribution is 8.02. The number of ether oxygens (including phenoxy) is 1. The lowest BCUT2D eigenvalue weighted by Gasteiger charge is -2.38. The van der Waals surface area contributed by atoms with Crippen molar-refractivity contribution in [2.24, 2.45) is 0 Å². The summed E-state index contributed by atoms with van der Waals surface area (Å²) in [5, 5.41) is 3.50. The molecule has 1 nitrogen and oxygen atoms in total. The summed E-state index contributed by atoms with van der Waals surface area (Å²) in [6.45, 7) is 0. The molecule has 0 bridgehead atoms. The summed E-state index contributed by atoms with van der Waals surface area (Å²) in [6, 6.07) is 25.9. The van der Waals surface area contributed by atoms with Crippen LogP contribution in [0.4, 0.5) is 0 Å². The van der Waals surface area contributed by atoms with Crippen molar-refractivity contribution in [1.29, 1.82) is 0 Å². The highest BCUT2D eigenvalue weighted by Crippen LogP contribution is 2.45. The Morgan fingerprint density at radius 1 is 0.731 bits per heavy atom. The molecule has 0 fully saturated rings. The minimum Gasteiger partial charge on any atom is -0.476 e. The molecule has 0 N–H and O–H groups in total. The second kappa shape index (κ2) is 7.40. The molecule has 0 unspecified atom stereocenters. The van der Waals surface area contributed by atoms with E-state index < -0.39 is 5.60 Å². The molecular formula is C22H16Cl2OS. The maximum atomic E-state index is 6.67. The molecule has 0 aromatic heterocycles. The van der Waals surface area contributed by atoms with Crippen LogP contribution in [0.2, 0.25) is 10.0 Å². The third-order valence-electron chi connectivity index (χ3n) is 4.44. The van der Waals surface area contributed by atoms with E-state index in [9.17, 15) is 0 Å². The molecule has 0 amide bonds. The predicted octanol–water partition coefficient (Wildman–Crippen LogP) is 7.00. The highest BCUT2D eigenvalue weighted by Gasteiger charge is 2.39. The molecule has 4 heteroatoms. The SMILES string of the molecule is Clc1ccc(C2(c3ccc(Cl)cc3)CSC=C(c3ccccc3)O2)cc1. The van der Waals surface area contributed by atoms with Gasteiger partial charge < -0.3 is 4.74 Å². The van der Waals surface area contributed by atoms with Gasteiger partial charge in [0.1, 0.15) is 5.76 Å². The quantitative estimate of drug-likeness (QED) is 0.469. The summed E-state index contributed by atoms with van der Waals surface area (Å²) in [5.41, 5.74) is 2.60. The number of hydrogen-bond acceptors (Lipinski definition) is 2. The number of benzene rings is 3. The fraction of sp³-hybridized carbons (Fsp3) is 0.0909. The number of thioether (sulfide) groups is 1. The first-order chi connectivity index (χ1) is 12.7. The van der Waals surface area contributed by atoms with Gasteiger partial charge in [0.2, 0.25) is 0 Å². The van der Waals surface area contributed by atoms with E-state index in [4.69, 9.17) is 27.9 Å². The minimum absolute atomic E-state index is 0.597. The van der Waals surface area contributed by atoms with Gasteiger partial charge in [-0.15, -0.1) is 11.8 Å². The molecule has 0 saturated heterocycles. The fourth-order valence-corrected chi connectivity index (χ4v) is 4.39. The Bertz CT molecular complexity index is 873. The van der Waals surface area contributed by atoms with Crippen LogP contribution in [-0.4, -0.2) is 5.75 Å². The normalized spacial score (nSPS) is 15.8. The van der Waals surface area contributed by atoms with Crippen LogP contribution in [0.5, 0.6) is 0 Å². The van der Waals surface area contributed by atoms with Gasteiger partial charge in [0.25, 0.3) is 0 Å². The maximum Gasteiger partial charge on any atom is 0.168 e. The number of hydrogen-bond donors (Lipinski definition) is 0. The third kappa shape index (κ3) is 3.37. The standard InChI is InChI=1S/C22H16Cl2OS/c23-19-10-6-17(7-11-19)22(18-8-12-20(24)13-9-18)15-26-14-21(25-22)16-4-2-1-3-5-16/h1-14H,15H2. The van der Waals surface area contributed by atoms with Crippen LogP contribution in [0.25, 0.3) is 5.76 Å². The van der Waals surface area contributed by atoms with Crippen LogP contribution in [0.3, 0.4) is 0 Å². The van der Waals surface area contributed by atoms with Crippen molar-refractivity contribution in [3.63, 3.8) is 0 Å². The van der Waals surface area contributed by atoms with E-state index in [2.05, 4.69) is 17.5 Å². The first-order valence-electron chi connectivity index (χ1n) is 8.26. The zero-order chi connectivity index (χ0) is 18.0. The Labute approximate surface area is 167 Å². The molecule has 0 aliphatic carbocycles. The topological polar surface area (TPSA) is 9.23 Å². The van der Waals surface area contributed by atoms with Gasteiger partial charge >= 0.3 is 0 Å². The summed E-state index contributed by atoms with van der Waals surface area (Å²) >= 11 is 14.0. The monoisotopic (exact) mass is 398 g/mol. The molecule has 0 atom stereocenters. The van der Waals surface area contributed by atoms with E-state index in [1.165, 1.54) is 0 Å². The highest BCUT2D eigenvalue weighted by atomic mass is 35.5. The fourth-order valence-electron chi connectivity index (χ4n) is 3.09. The predicted molar refractivity (Wildman–Crippen MR) is 112 cm³/mol. The van der Waals surface area contributed by atoms with Crippen LogP contribution >= 0.6 is 35.0 Å². The largest absolute Gasteiger partial charge is 0.476 e. The van der Waals surface area contributed by atoms with Gasteiger partial charge in [0, 0.05) is 37.9 Å². The summed E-state index contributed by atoms with van der Waals surface area (Å²) in [5.74, 6) is 1.64. The van der Waals surface area contributed by atoms with E-state index >= 15 is 0 Å². The van der Waals surface area contributed by atoms with Crippen molar-refractivity contribution < 1.29 is 4.74 Å². The zero-order valence-corrected chi connectivity index (χ0v) is 16.2. The number of rotatable bonds is 3. The molecule has 0 spiro atoms.